The maximum absolute atomic E-state index is 12.8. The Hall–Kier alpha value is -3.05. The van der Waals surface area contributed by atoms with Crippen molar-refractivity contribution in [2.75, 3.05) is 33.6 Å². The zero-order valence-electron chi connectivity index (χ0n) is 19.2. The van der Waals surface area contributed by atoms with Gasteiger partial charge in [-0.15, -0.1) is 0 Å². The summed E-state index contributed by atoms with van der Waals surface area (Å²) in [6.45, 7) is 1.57. The van der Waals surface area contributed by atoms with Gasteiger partial charge in [0, 0.05) is 41.4 Å². The highest BCUT2D eigenvalue weighted by Gasteiger charge is 2.26. The van der Waals surface area contributed by atoms with Crippen LogP contribution in [0.1, 0.15) is 27.2 Å². The number of halogens is 1. The highest BCUT2D eigenvalue weighted by Crippen LogP contribution is 2.40. The van der Waals surface area contributed by atoms with Crippen molar-refractivity contribution < 1.29 is 14.3 Å². The maximum Gasteiger partial charge on any atom is 0.173 e. The van der Waals surface area contributed by atoms with Crippen molar-refractivity contribution in [1.29, 1.82) is 5.26 Å². The van der Waals surface area contributed by atoms with Crippen molar-refractivity contribution in [3.8, 4) is 28.7 Å². The standard InChI is InChI=1S/C26H24ClN3O3S/c1-30-11-10-21-20(14-30)25(17-6-9-23(32-2)24(12-17)33-3)19(13-28)26(29-21)34-15-22(31)16-4-7-18(27)8-5-16/h4-9,12H,10-11,14-15H2,1-3H3. The number of ether oxygens (including phenoxy) is 2. The number of pyridine rings is 1. The molecular weight excluding hydrogens is 470 g/mol. The Morgan fingerprint density at radius 1 is 1.18 bits per heavy atom. The molecule has 4 rings (SSSR count). The molecule has 0 saturated carbocycles. The Balaban J connectivity index is 1.77. The molecule has 1 aliphatic heterocycles. The number of likely N-dealkylation sites (N-methyl/N-ethyl adjacent to an activating group) is 1. The molecule has 0 bridgehead atoms. The molecule has 174 valence electrons. The van der Waals surface area contributed by atoms with Gasteiger partial charge in [-0.2, -0.15) is 5.26 Å². The van der Waals surface area contributed by atoms with E-state index in [0.29, 0.717) is 39.2 Å². The number of carbonyl (C=O) groups excluding carboxylic acids is 1. The summed E-state index contributed by atoms with van der Waals surface area (Å²) >= 11 is 7.23. The lowest BCUT2D eigenvalue weighted by atomic mass is 9.91. The number of thioether (sulfide) groups is 1. The fraction of sp³-hybridized carbons (Fsp3) is 0.269. The number of ketones is 1. The van der Waals surface area contributed by atoms with Gasteiger partial charge in [0.25, 0.3) is 0 Å². The lowest BCUT2D eigenvalue weighted by Crippen LogP contribution is -2.28. The van der Waals surface area contributed by atoms with Crippen molar-refractivity contribution in [1.82, 2.24) is 9.88 Å². The number of rotatable bonds is 7. The number of carbonyl (C=O) groups is 1. The van der Waals surface area contributed by atoms with Gasteiger partial charge < -0.3 is 14.4 Å². The van der Waals surface area contributed by atoms with Gasteiger partial charge in [0.1, 0.15) is 11.1 Å². The third-order valence-corrected chi connectivity index (χ3v) is 7.03. The van der Waals surface area contributed by atoms with Gasteiger partial charge >= 0.3 is 0 Å². The summed E-state index contributed by atoms with van der Waals surface area (Å²) in [4.78, 5) is 19.8. The van der Waals surface area contributed by atoms with Crippen LogP contribution in [0.3, 0.4) is 0 Å². The Kier molecular flexibility index (Phi) is 7.42. The average Bonchev–Trinajstić information content (AvgIpc) is 2.86. The van der Waals surface area contributed by atoms with Crippen molar-refractivity contribution >= 4 is 29.1 Å². The van der Waals surface area contributed by atoms with Crippen LogP contribution in [0.25, 0.3) is 11.1 Å². The molecule has 34 heavy (non-hydrogen) atoms. The normalized spacial score (nSPS) is 13.1. The van der Waals surface area contributed by atoms with Gasteiger partial charge in [0.2, 0.25) is 0 Å². The molecule has 0 radical (unpaired) electrons. The van der Waals surface area contributed by atoms with Crippen LogP contribution in [0.15, 0.2) is 47.5 Å². The number of nitriles is 1. The molecule has 0 fully saturated rings. The van der Waals surface area contributed by atoms with Crippen molar-refractivity contribution in [2.45, 2.75) is 18.0 Å². The van der Waals surface area contributed by atoms with Crippen LogP contribution in [0, 0.1) is 11.3 Å². The second-order valence-corrected chi connectivity index (χ2v) is 9.38. The summed E-state index contributed by atoms with van der Waals surface area (Å²) in [5.74, 6) is 1.34. The molecule has 1 aromatic heterocycles. The zero-order valence-corrected chi connectivity index (χ0v) is 20.8. The molecule has 8 heteroatoms. The number of Topliss-reactive ketones (excluding diaryl/α,β-unsaturated/α-hetero) is 1. The van der Waals surface area contributed by atoms with E-state index in [4.69, 9.17) is 26.1 Å². The zero-order chi connectivity index (χ0) is 24.2. The van der Waals surface area contributed by atoms with E-state index < -0.39 is 0 Å². The number of aromatic nitrogens is 1. The van der Waals surface area contributed by atoms with E-state index in [0.717, 1.165) is 35.3 Å². The van der Waals surface area contributed by atoms with E-state index >= 15 is 0 Å². The van der Waals surface area contributed by atoms with Crippen molar-refractivity contribution in [3.63, 3.8) is 0 Å². The molecule has 3 aromatic rings. The minimum atomic E-state index is -0.0440. The van der Waals surface area contributed by atoms with E-state index in [-0.39, 0.29) is 11.5 Å². The van der Waals surface area contributed by atoms with Crippen LogP contribution in [-0.2, 0) is 13.0 Å². The molecule has 0 spiro atoms. The molecular formula is C26H24ClN3O3S. The molecule has 0 saturated heterocycles. The maximum atomic E-state index is 12.8. The molecule has 0 unspecified atom stereocenters. The predicted molar refractivity (Wildman–Crippen MR) is 134 cm³/mol. The summed E-state index contributed by atoms with van der Waals surface area (Å²) < 4.78 is 10.9. The highest BCUT2D eigenvalue weighted by molar-refractivity contribution is 8.00. The Morgan fingerprint density at radius 2 is 1.91 bits per heavy atom. The number of hydrogen-bond donors (Lipinski definition) is 0. The smallest absolute Gasteiger partial charge is 0.173 e. The van der Waals surface area contributed by atoms with Gasteiger partial charge in [0.15, 0.2) is 17.3 Å². The molecule has 0 amide bonds. The minimum absolute atomic E-state index is 0.0440. The largest absolute Gasteiger partial charge is 0.493 e. The number of nitrogens with zero attached hydrogens (tertiary/aromatic N) is 3. The Morgan fingerprint density at radius 3 is 2.59 bits per heavy atom. The topological polar surface area (TPSA) is 75.5 Å². The quantitative estimate of drug-likeness (QED) is 0.328. The lowest BCUT2D eigenvalue weighted by molar-refractivity contribution is 0.102. The minimum Gasteiger partial charge on any atom is -0.493 e. The third kappa shape index (κ3) is 4.90. The predicted octanol–water partition coefficient (Wildman–Crippen LogP) is 5.25. The number of hydrogen-bond acceptors (Lipinski definition) is 7. The van der Waals surface area contributed by atoms with E-state index in [1.807, 2.05) is 18.2 Å². The van der Waals surface area contributed by atoms with Crippen LogP contribution >= 0.6 is 23.4 Å². The van der Waals surface area contributed by atoms with Crippen molar-refractivity contribution in [3.05, 3.63) is 69.9 Å². The molecule has 2 heterocycles. The van der Waals surface area contributed by atoms with Crippen molar-refractivity contribution in [2.24, 2.45) is 0 Å². The molecule has 0 atom stereocenters. The summed E-state index contributed by atoms with van der Waals surface area (Å²) in [6, 6.07) is 14.8. The van der Waals surface area contributed by atoms with Gasteiger partial charge in [-0.3, -0.25) is 4.79 Å². The molecule has 0 N–H and O–H groups in total. The first kappa shape index (κ1) is 24.1. The summed E-state index contributed by atoms with van der Waals surface area (Å²) in [6.07, 6.45) is 0.774. The SMILES string of the molecule is COc1ccc(-c2c(C#N)c(SCC(=O)c3ccc(Cl)cc3)nc3c2CN(C)CC3)cc1OC. The first-order chi connectivity index (χ1) is 16.4. The van der Waals surface area contributed by atoms with E-state index in [2.05, 4.69) is 18.0 Å². The molecule has 2 aromatic carbocycles. The molecule has 0 aliphatic carbocycles. The van der Waals surface area contributed by atoms with Gasteiger partial charge in [-0.05, 0) is 54.6 Å². The second kappa shape index (κ2) is 10.5. The first-order valence-electron chi connectivity index (χ1n) is 10.7. The fourth-order valence-corrected chi connectivity index (χ4v) is 5.07. The molecule has 1 aliphatic rings. The first-order valence-corrected chi connectivity index (χ1v) is 12.1. The number of fused-ring (bicyclic) bond motifs is 1. The van der Waals surface area contributed by atoms with E-state index in [1.165, 1.54) is 11.8 Å². The summed E-state index contributed by atoms with van der Waals surface area (Å²) in [7, 11) is 5.24. The number of benzene rings is 2. The lowest BCUT2D eigenvalue weighted by Gasteiger charge is -2.28. The second-order valence-electron chi connectivity index (χ2n) is 7.98. The number of methoxy groups -OCH3 is 2. The Bertz CT molecular complexity index is 1270. The van der Waals surface area contributed by atoms with E-state index in [1.54, 1.807) is 38.5 Å². The van der Waals surface area contributed by atoms with Crippen LogP contribution < -0.4 is 9.47 Å². The van der Waals surface area contributed by atoms with Crippen LogP contribution in [0.4, 0.5) is 0 Å². The van der Waals surface area contributed by atoms with Gasteiger partial charge in [-0.25, -0.2) is 4.98 Å². The monoisotopic (exact) mass is 493 g/mol. The van der Waals surface area contributed by atoms with Crippen LogP contribution in [-0.4, -0.2) is 49.2 Å². The fourth-order valence-electron chi connectivity index (χ4n) is 4.04. The van der Waals surface area contributed by atoms with Crippen LogP contribution in [0.2, 0.25) is 5.02 Å². The van der Waals surface area contributed by atoms with Crippen LogP contribution in [0.5, 0.6) is 11.5 Å². The third-order valence-electron chi connectivity index (χ3n) is 5.80. The summed E-state index contributed by atoms with van der Waals surface area (Å²) in [5, 5.41) is 11.3. The average molecular weight is 494 g/mol. The Labute approximate surface area is 208 Å². The highest BCUT2D eigenvalue weighted by atomic mass is 35.5. The summed E-state index contributed by atoms with van der Waals surface area (Å²) in [5.41, 5.74) is 4.73. The molecule has 6 nitrogen and oxygen atoms in total. The van der Waals surface area contributed by atoms with Gasteiger partial charge in [0.05, 0.1) is 25.5 Å². The van der Waals surface area contributed by atoms with E-state index in [9.17, 15) is 10.1 Å². The van der Waals surface area contributed by atoms with Gasteiger partial charge in [-0.1, -0.05) is 29.4 Å².